The third-order valence-corrected chi connectivity index (χ3v) is 14.0. The molecule has 126 valence electrons. The Morgan fingerprint density at radius 2 is 0.762 bits per heavy atom. The topological polar surface area (TPSA) is 27.7 Å². The third-order valence-electron chi connectivity index (χ3n) is 4.04. The summed E-state index contributed by atoms with van der Waals surface area (Å²) < 4.78 is 18.9. The van der Waals surface area contributed by atoms with E-state index >= 15 is 0 Å². The molecule has 1 rings (SSSR count). The molecule has 1 heterocycles. The average molecular weight is 349 g/mol. The van der Waals surface area contributed by atoms with Crippen molar-refractivity contribution < 1.29 is 12.3 Å². The van der Waals surface area contributed by atoms with E-state index in [1.807, 2.05) is 0 Å². The summed E-state index contributed by atoms with van der Waals surface area (Å²) in [7, 11) is -4.13. The van der Waals surface area contributed by atoms with E-state index in [0.717, 1.165) is 0 Å². The minimum Gasteiger partial charge on any atom is -0.420 e. The molecule has 0 amide bonds. The molecule has 1 saturated heterocycles. The molecule has 0 atom stereocenters. The SMILES string of the molecule is CCCCC[SiH]1O[SiH](CCCCC)O[SiH](CCCCC)O1. The van der Waals surface area contributed by atoms with Crippen molar-refractivity contribution in [3.63, 3.8) is 0 Å². The number of rotatable bonds is 12. The maximum absolute atomic E-state index is 6.28. The Morgan fingerprint density at radius 3 is 1.00 bits per heavy atom. The average Bonchev–Trinajstić information content (AvgIpc) is 2.48. The smallest absolute Gasteiger partial charge is 0.303 e. The summed E-state index contributed by atoms with van der Waals surface area (Å²) in [6.45, 7) is 6.79. The zero-order chi connectivity index (χ0) is 15.3. The fourth-order valence-corrected chi connectivity index (χ4v) is 14.4. The lowest BCUT2D eigenvalue weighted by molar-refractivity contribution is 0.275. The van der Waals surface area contributed by atoms with Gasteiger partial charge < -0.3 is 12.3 Å². The van der Waals surface area contributed by atoms with Crippen LogP contribution in [0.3, 0.4) is 0 Å². The van der Waals surface area contributed by atoms with E-state index in [2.05, 4.69) is 20.8 Å². The van der Waals surface area contributed by atoms with E-state index in [-0.39, 0.29) is 0 Å². The van der Waals surface area contributed by atoms with Gasteiger partial charge in [-0.25, -0.2) is 0 Å². The highest BCUT2D eigenvalue weighted by molar-refractivity contribution is 6.73. The first-order chi connectivity index (χ1) is 10.3. The normalized spacial score (nSPS) is 26.1. The van der Waals surface area contributed by atoms with Gasteiger partial charge >= 0.3 is 27.9 Å². The van der Waals surface area contributed by atoms with E-state index in [9.17, 15) is 0 Å². The first kappa shape index (κ1) is 19.6. The number of hydrogen-bond donors (Lipinski definition) is 0. The van der Waals surface area contributed by atoms with E-state index in [4.69, 9.17) is 12.3 Å². The molecule has 0 unspecified atom stereocenters. The van der Waals surface area contributed by atoms with Crippen LogP contribution in [0.15, 0.2) is 0 Å². The van der Waals surface area contributed by atoms with Crippen LogP contribution in [0.2, 0.25) is 18.1 Å². The van der Waals surface area contributed by atoms with Crippen molar-refractivity contribution in [1.29, 1.82) is 0 Å². The molecular formula is C15H36O3Si3. The van der Waals surface area contributed by atoms with Crippen LogP contribution < -0.4 is 0 Å². The van der Waals surface area contributed by atoms with Crippen LogP contribution in [0.5, 0.6) is 0 Å². The maximum Gasteiger partial charge on any atom is 0.303 e. The van der Waals surface area contributed by atoms with Crippen LogP contribution in [0.1, 0.15) is 78.6 Å². The molecule has 1 aliphatic heterocycles. The van der Waals surface area contributed by atoms with Crippen molar-refractivity contribution in [1.82, 2.24) is 0 Å². The molecule has 6 heteroatoms. The van der Waals surface area contributed by atoms with E-state index in [1.54, 1.807) is 0 Å². The molecule has 0 aromatic carbocycles. The van der Waals surface area contributed by atoms with E-state index < -0.39 is 27.9 Å². The van der Waals surface area contributed by atoms with Gasteiger partial charge in [0.1, 0.15) is 0 Å². The third kappa shape index (κ3) is 9.30. The van der Waals surface area contributed by atoms with Gasteiger partial charge in [-0.05, 0) is 18.1 Å². The van der Waals surface area contributed by atoms with Gasteiger partial charge in [0.15, 0.2) is 0 Å². The summed E-state index contributed by atoms with van der Waals surface area (Å²) in [5, 5.41) is 0. The van der Waals surface area contributed by atoms with Crippen molar-refractivity contribution in [2.75, 3.05) is 0 Å². The molecule has 21 heavy (non-hydrogen) atoms. The van der Waals surface area contributed by atoms with Gasteiger partial charge in [-0.1, -0.05) is 78.6 Å². The highest BCUT2D eigenvalue weighted by atomic mass is 28.5. The van der Waals surface area contributed by atoms with Crippen molar-refractivity contribution >= 4 is 27.9 Å². The molecule has 0 aliphatic carbocycles. The van der Waals surface area contributed by atoms with Crippen molar-refractivity contribution in [3.8, 4) is 0 Å². The lowest BCUT2D eigenvalue weighted by Gasteiger charge is -2.34. The summed E-state index contributed by atoms with van der Waals surface area (Å²) >= 11 is 0. The second kappa shape index (κ2) is 13.0. The number of unbranched alkanes of at least 4 members (excludes halogenated alkanes) is 6. The number of hydrogen-bond acceptors (Lipinski definition) is 3. The quantitative estimate of drug-likeness (QED) is 0.389. The summed E-state index contributed by atoms with van der Waals surface area (Å²) in [5.41, 5.74) is 0. The Labute approximate surface area is 137 Å². The summed E-state index contributed by atoms with van der Waals surface area (Å²) in [4.78, 5) is 0. The molecule has 1 fully saturated rings. The lowest BCUT2D eigenvalue weighted by Crippen LogP contribution is -2.48. The van der Waals surface area contributed by atoms with E-state index in [1.165, 1.54) is 75.9 Å². The first-order valence-corrected chi connectivity index (χ1v) is 14.5. The fourth-order valence-electron chi connectivity index (χ4n) is 2.70. The fraction of sp³-hybridized carbons (Fsp3) is 1.00. The van der Waals surface area contributed by atoms with Crippen LogP contribution in [0, 0.1) is 0 Å². The van der Waals surface area contributed by atoms with Gasteiger partial charge in [-0.3, -0.25) is 0 Å². The predicted octanol–water partition coefficient (Wildman–Crippen LogP) is 4.28. The van der Waals surface area contributed by atoms with Gasteiger partial charge in [0.25, 0.3) is 0 Å². The first-order valence-electron chi connectivity index (χ1n) is 9.26. The molecule has 0 saturated carbocycles. The van der Waals surface area contributed by atoms with Crippen LogP contribution in [-0.2, 0) is 12.3 Å². The molecule has 3 nitrogen and oxygen atoms in total. The van der Waals surface area contributed by atoms with Gasteiger partial charge in [0.05, 0.1) is 0 Å². The standard InChI is InChI=1S/C15H36O3Si3/c1-4-7-10-13-19-16-20(14-11-8-5-2)18-21(17-19)15-12-9-6-3/h19-21H,4-15H2,1-3H3. The van der Waals surface area contributed by atoms with Crippen LogP contribution in [-0.4, -0.2) is 27.9 Å². The highest BCUT2D eigenvalue weighted by Gasteiger charge is 2.33. The molecule has 1 aliphatic rings. The molecule has 0 bridgehead atoms. The van der Waals surface area contributed by atoms with Gasteiger partial charge in [0.2, 0.25) is 0 Å². The van der Waals surface area contributed by atoms with Gasteiger partial charge in [0, 0.05) is 0 Å². The van der Waals surface area contributed by atoms with Crippen LogP contribution in [0.25, 0.3) is 0 Å². The molecule has 0 N–H and O–H groups in total. The van der Waals surface area contributed by atoms with Crippen LogP contribution in [0.4, 0.5) is 0 Å². The summed E-state index contributed by atoms with van der Waals surface area (Å²) in [6, 6.07) is 3.64. The van der Waals surface area contributed by atoms with Crippen molar-refractivity contribution in [2.45, 2.75) is 96.7 Å². The Morgan fingerprint density at radius 1 is 0.476 bits per heavy atom. The zero-order valence-electron chi connectivity index (χ0n) is 14.4. The molecular weight excluding hydrogens is 312 g/mol. The van der Waals surface area contributed by atoms with Crippen molar-refractivity contribution in [2.24, 2.45) is 0 Å². The Balaban J connectivity index is 2.35. The highest BCUT2D eigenvalue weighted by Crippen LogP contribution is 2.21. The predicted molar refractivity (Wildman–Crippen MR) is 97.7 cm³/mol. The van der Waals surface area contributed by atoms with Gasteiger partial charge in [-0.15, -0.1) is 0 Å². The summed E-state index contributed by atoms with van der Waals surface area (Å²) in [5.74, 6) is 0. The molecule has 0 spiro atoms. The Hall–Kier alpha value is 0.531. The second-order valence-corrected chi connectivity index (χ2v) is 13.8. The Bertz CT molecular complexity index is 200. The lowest BCUT2D eigenvalue weighted by atomic mass is 10.3. The summed E-state index contributed by atoms with van der Waals surface area (Å²) in [6.07, 6.45) is 11.7. The van der Waals surface area contributed by atoms with Crippen molar-refractivity contribution in [3.05, 3.63) is 0 Å². The Kier molecular flexibility index (Phi) is 12.1. The maximum atomic E-state index is 6.28. The van der Waals surface area contributed by atoms with E-state index in [0.29, 0.717) is 0 Å². The molecule has 0 aromatic rings. The monoisotopic (exact) mass is 348 g/mol. The minimum absolute atomic E-state index is 1.21. The largest absolute Gasteiger partial charge is 0.420 e. The van der Waals surface area contributed by atoms with Crippen LogP contribution >= 0.6 is 0 Å². The zero-order valence-corrected chi connectivity index (χ0v) is 17.9. The molecule has 0 radical (unpaired) electrons. The molecule has 0 aromatic heterocycles. The minimum atomic E-state index is -1.38. The van der Waals surface area contributed by atoms with Gasteiger partial charge in [-0.2, -0.15) is 0 Å². The second-order valence-electron chi connectivity index (χ2n) is 6.18.